The normalized spacial score (nSPS) is 26.1. The second-order valence-corrected chi connectivity index (χ2v) is 4.69. The summed E-state index contributed by atoms with van der Waals surface area (Å²) in [7, 11) is 1.42. The molecule has 0 aromatic heterocycles. The minimum atomic E-state index is -0.186. The van der Waals surface area contributed by atoms with Crippen LogP contribution in [0.15, 0.2) is 30.3 Å². The topological polar surface area (TPSA) is 44.8 Å². The number of hydrogen-bond donors (Lipinski definition) is 0. The molecule has 4 heteroatoms. The Morgan fingerprint density at radius 3 is 2.74 bits per heavy atom. The average molecular weight is 264 g/mol. The van der Waals surface area contributed by atoms with Crippen LogP contribution in [-0.4, -0.2) is 31.9 Å². The Labute approximate surface area is 113 Å². The van der Waals surface area contributed by atoms with Gasteiger partial charge in [0.15, 0.2) is 0 Å². The van der Waals surface area contributed by atoms with E-state index in [-0.39, 0.29) is 24.1 Å². The van der Waals surface area contributed by atoms with Gasteiger partial charge in [-0.15, -0.1) is 0 Å². The van der Waals surface area contributed by atoms with Crippen molar-refractivity contribution in [1.29, 1.82) is 0 Å². The van der Waals surface area contributed by atoms with Crippen LogP contribution >= 0.6 is 0 Å². The molecule has 0 aliphatic carbocycles. The summed E-state index contributed by atoms with van der Waals surface area (Å²) in [4.78, 5) is 11.7. The summed E-state index contributed by atoms with van der Waals surface area (Å²) in [6.07, 6.45) is 1.37. The first-order valence-electron chi connectivity index (χ1n) is 6.65. The van der Waals surface area contributed by atoms with E-state index in [0.717, 1.165) is 12.2 Å². The molecule has 4 nitrogen and oxygen atoms in total. The van der Waals surface area contributed by atoms with E-state index in [4.69, 9.17) is 14.2 Å². The van der Waals surface area contributed by atoms with E-state index in [0.29, 0.717) is 13.0 Å². The van der Waals surface area contributed by atoms with E-state index in [1.807, 2.05) is 37.3 Å². The van der Waals surface area contributed by atoms with Crippen molar-refractivity contribution in [2.45, 2.75) is 32.0 Å². The van der Waals surface area contributed by atoms with Gasteiger partial charge in [0.1, 0.15) is 12.4 Å². The summed E-state index contributed by atoms with van der Waals surface area (Å²) < 4.78 is 16.3. The molecule has 1 saturated heterocycles. The lowest BCUT2D eigenvalue weighted by atomic mass is 9.98. The minimum absolute atomic E-state index is 0.0470. The van der Waals surface area contributed by atoms with Crippen LogP contribution in [0.5, 0.6) is 5.75 Å². The van der Waals surface area contributed by atoms with E-state index >= 15 is 0 Å². The predicted molar refractivity (Wildman–Crippen MR) is 71.0 cm³/mol. The van der Waals surface area contributed by atoms with Crippen molar-refractivity contribution in [3.8, 4) is 5.75 Å². The van der Waals surface area contributed by atoms with Gasteiger partial charge in [-0.1, -0.05) is 25.1 Å². The van der Waals surface area contributed by atoms with Crippen LogP contribution < -0.4 is 4.74 Å². The quantitative estimate of drug-likeness (QED) is 0.766. The number of ether oxygens (including phenoxy) is 3. The van der Waals surface area contributed by atoms with Crippen molar-refractivity contribution in [2.24, 2.45) is 5.92 Å². The van der Waals surface area contributed by atoms with Crippen LogP contribution in [0, 0.1) is 5.92 Å². The Morgan fingerprint density at radius 1 is 1.37 bits per heavy atom. The zero-order valence-corrected chi connectivity index (χ0v) is 11.4. The van der Waals surface area contributed by atoms with Crippen molar-refractivity contribution < 1.29 is 19.0 Å². The van der Waals surface area contributed by atoms with Crippen LogP contribution in [0.4, 0.5) is 0 Å². The largest absolute Gasteiger partial charge is 0.491 e. The summed E-state index contributed by atoms with van der Waals surface area (Å²) in [6, 6.07) is 9.61. The van der Waals surface area contributed by atoms with Crippen LogP contribution in [-0.2, 0) is 14.3 Å². The molecule has 0 N–H and O–H groups in total. The van der Waals surface area contributed by atoms with Crippen molar-refractivity contribution in [1.82, 2.24) is 0 Å². The van der Waals surface area contributed by atoms with Crippen LogP contribution in [0.2, 0.25) is 0 Å². The molecule has 0 unspecified atom stereocenters. The number of carbonyl (C=O) groups is 1. The maximum Gasteiger partial charge on any atom is 0.311 e. The van der Waals surface area contributed by atoms with Gasteiger partial charge in [0.25, 0.3) is 0 Å². The van der Waals surface area contributed by atoms with E-state index < -0.39 is 0 Å². The third-order valence-corrected chi connectivity index (χ3v) is 3.42. The molecule has 2 rings (SSSR count). The number of para-hydroxylation sites is 1. The molecule has 1 heterocycles. The molecule has 104 valence electrons. The summed E-state index contributed by atoms with van der Waals surface area (Å²) in [5.41, 5.74) is 0. The number of benzene rings is 1. The van der Waals surface area contributed by atoms with Gasteiger partial charge in [0.2, 0.25) is 0 Å². The molecular formula is C15H20O4. The molecule has 1 aromatic rings. The molecule has 1 aliphatic heterocycles. The highest BCUT2D eigenvalue weighted by Crippen LogP contribution is 2.30. The summed E-state index contributed by atoms with van der Waals surface area (Å²) in [5, 5.41) is 0. The van der Waals surface area contributed by atoms with Gasteiger partial charge >= 0.3 is 5.97 Å². The zero-order valence-electron chi connectivity index (χ0n) is 11.4. The Hall–Kier alpha value is -1.55. The number of methoxy groups -OCH3 is 1. The van der Waals surface area contributed by atoms with Crippen molar-refractivity contribution in [3.63, 3.8) is 0 Å². The van der Waals surface area contributed by atoms with E-state index in [1.54, 1.807) is 0 Å². The van der Waals surface area contributed by atoms with Crippen LogP contribution in [0.3, 0.4) is 0 Å². The molecule has 0 spiro atoms. The van der Waals surface area contributed by atoms with Crippen molar-refractivity contribution in [3.05, 3.63) is 30.3 Å². The lowest BCUT2D eigenvalue weighted by Crippen LogP contribution is -2.24. The summed E-state index contributed by atoms with van der Waals surface area (Å²) >= 11 is 0. The van der Waals surface area contributed by atoms with Gasteiger partial charge in [-0.3, -0.25) is 4.79 Å². The molecule has 0 radical (unpaired) electrons. The molecule has 1 aromatic carbocycles. The van der Waals surface area contributed by atoms with Gasteiger partial charge < -0.3 is 14.2 Å². The van der Waals surface area contributed by atoms with Crippen molar-refractivity contribution in [2.75, 3.05) is 13.7 Å². The first-order chi connectivity index (χ1) is 9.24. The Morgan fingerprint density at radius 2 is 2.11 bits per heavy atom. The standard InChI is InChI=1S/C15H20O4/c1-3-14-13(15(16)17-2)9-12(19-14)10-18-11-7-5-4-6-8-11/h4-8,12-14H,3,9-10H2,1-2H3/t12-,13-,14-/m1/s1. The second kappa shape index (κ2) is 6.57. The third-order valence-electron chi connectivity index (χ3n) is 3.42. The number of carbonyl (C=O) groups excluding carboxylic acids is 1. The minimum Gasteiger partial charge on any atom is -0.491 e. The summed E-state index contributed by atoms with van der Waals surface area (Å²) in [6.45, 7) is 2.48. The van der Waals surface area contributed by atoms with E-state index in [1.165, 1.54) is 7.11 Å². The highest BCUT2D eigenvalue weighted by molar-refractivity contribution is 5.73. The molecule has 1 aliphatic rings. The average Bonchev–Trinajstić information content (AvgIpc) is 2.88. The molecule has 3 atom stereocenters. The van der Waals surface area contributed by atoms with Crippen LogP contribution in [0.1, 0.15) is 19.8 Å². The Kier molecular flexibility index (Phi) is 4.80. The first kappa shape index (κ1) is 13.9. The lowest BCUT2D eigenvalue weighted by Gasteiger charge is -2.14. The highest BCUT2D eigenvalue weighted by Gasteiger charge is 2.39. The number of esters is 1. The first-order valence-corrected chi connectivity index (χ1v) is 6.65. The van der Waals surface area contributed by atoms with E-state index in [9.17, 15) is 4.79 Å². The fourth-order valence-corrected chi connectivity index (χ4v) is 2.43. The summed E-state index contributed by atoms with van der Waals surface area (Å²) in [5.74, 6) is 0.467. The predicted octanol–water partition coefficient (Wildman–Crippen LogP) is 2.42. The molecule has 0 saturated carbocycles. The smallest absolute Gasteiger partial charge is 0.311 e. The Balaban J connectivity index is 1.87. The van der Waals surface area contributed by atoms with Gasteiger partial charge in [-0.05, 0) is 25.0 Å². The van der Waals surface area contributed by atoms with Gasteiger partial charge in [-0.25, -0.2) is 0 Å². The fraction of sp³-hybridized carbons (Fsp3) is 0.533. The number of rotatable bonds is 5. The zero-order chi connectivity index (χ0) is 13.7. The van der Waals surface area contributed by atoms with Gasteiger partial charge in [0, 0.05) is 0 Å². The van der Waals surface area contributed by atoms with E-state index in [2.05, 4.69) is 0 Å². The maximum absolute atomic E-state index is 11.7. The molecule has 0 amide bonds. The molecule has 0 bridgehead atoms. The van der Waals surface area contributed by atoms with Gasteiger partial charge in [-0.2, -0.15) is 0 Å². The lowest BCUT2D eigenvalue weighted by molar-refractivity contribution is -0.147. The molecule has 19 heavy (non-hydrogen) atoms. The second-order valence-electron chi connectivity index (χ2n) is 4.69. The third kappa shape index (κ3) is 3.47. The highest BCUT2D eigenvalue weighted by atomic mass is 16.6. The Bertz CT molecular complexity index is 404. The number of hydrogen-bond acceptors (Lipinski definition) is 4. The SMILES string of the molecule is CC[C@H]1O[C@@H](COc2ccccc2)C[C@H]1C(=O)OC. The fourth-order valence-electron chi connectivity index (χ4n) is 2.43. The van der Waals surface area contributed by atoms with Gasteiger partial charge in [0.05, 0.1) is 25.2 Å². The maximum atomic E-state index is 11.7. The van der Waals surface area contributed by atoms with Crippen molar-refractivity contribution >= 4 is 5.97 Å². The molecular weight excluding hydrogens is 244 g/mol. The van der Waals surface area contributed by atoms with Crippen LogP contribution in [0.25, 0.3) is 0 Å². The molecule has 1 fully saturated rings. The monoisotopic (exact) mass is 264 g/mol.